The van der Waals surface area contributed by atoms with E-state index in [4.69, 9.17) is 0 Å². The molecule has 1 N–H and O–H groups in total. The fourth-order valence-corrected chi connectivity index (χ4v) is 3.83. The van der Waals surface area contributed by atoms with Crippen molar-refractivity contribution >= 4 is 0 Å². The Labute approximate surface area is 139 Å². The molecule has 1 saturated heterocycles. The van der Waals surface area contributed by atoms with E-state index in [1.165, 1.54) is 18.7 Å². The van der Waals surface area contributed by atoms with Gasteiger partial charge in [-0.3, -0.25) is 9.58 Å². The number of benzene rings is 1. The Kier molecular flexibility index (Phi) is 5.47. The molecule has 0 bridgehead atoms. The number of hydrogen-bond donors (Lipinski definition) is 1. The largest absolute Gasteiger partial charge is 0.312 e. The minimum absolute atomic E-state index is 0.595. The summed E-state index contributed by atoms with van der Waals surface area (Å²) in [6.45, 7) is 10.1. The summed E-state index contributed by atoms with van der Waals surface area (Å²) in [5.74, 6) is 1.33. The molecule has 2 aromatic rings. The van der Waals surface area contributed by atoms with Crippen LogP contribution in [0, 0.1) is 11.8 Å². The molecule has 0 spiro atoms. The molecule has 0 amide bonds. The summed E-state index contributed by atoms with van der Waals surface area (Å²) < 4.78 is 1.99. The molecule has 4 nitrogen and oxygen atoms in total. The van der Waals surface area contributed by atoms with Crippen molar-refractivity contribution in [3.63, 3.8) is 0 Å². The van der Waals surface area contributed by atoms with Gasteiger partial charge in [0.2, 0.25) is 0 Å². The third-order valence-electron chi connectivity index (χ3n) is 4.85. The van der Waals surface area contributed by atoms with E-state index >= 15 is 0 Å². The van der Waals surface area contributed by atoms with Gasteiger partial charge in [0, 0.05) is 44.6 Å². The molecule has 2 heterocycles. The molecule has 23 heavy (non-hydrogen) atoms. The highest BCUT2D eigenvalue weighted by Crippen LogP contribution is 2.23. The summed E-state index contributed by atoms with van der Waals surface area (Å²) in [6, 6.07) is 13.4. The quantitative estimate of drug-likeness (QED) is 0.890. The molecule has 1 aromatic heterocycles. The summed E-state index contributed by atoms with van der Waals surface area (Å²) in [6.07, 6.45) is 3.87. The summed E-state index contributed by atoms with van der Waals surface area (Å²) in [5, 5.41) is 8.02. The van der Waals surface area contributed by atoms with E-state index in [-0.39, 0.29) is 0 Å². The minimum atomic E-state index is 0.595. The Morgan fingerprint density at radius 1 is 1.09 bits per heavy atom. The number of aromatic nitrogens is 2. The SMILES string of the molecule is C[C@@H]1CN(Cc2ccccc2)C[C@@H](C)C1NCCn1cccn1. The van der Waals surface area contributed by atoms with Crippen LogP contribution in [0.2, 0.25) is 0 Å². The first-order valence-electron chi connectivity index (χ1n) is 8.69. The molecule has 2 atom stereocenters. The zero-order chi connectivity index (χ0) is 16.1. The van der Waals surface area contributed by atoms with Crippen LogP contribution < -0.4 is 5.32 Å². The molecule has 124 valence electrons. The van der Waals surface area contributed by atoms with Crippen molar-refractivity contribution in [2.75, 3.05) is 19.6 Å². The van der Waals surface area contributed by atoms with E-state index in [0.29, 0.717) is 17.9 Å². The number of rotatable bonds is 6. The normalized spacial score (nSPS) is 23.2. The molecule has 1 fully saturated rings. The lowest BCUT2D eigenvalue weighted by Gasteiger charge is -2.42. The van der Waals surface area contributed by atoms with Crippen molar-refractivity contribution in [2.45, 2.75) is 33.0 Å². The molecular weight excluding hydrogens is 284 g/mol. The second-order valence-corrected chi connectivity index (χ2v) is 6.88. The van der Waals surface area contributed by atoms with Crippen LogP contribution >= 0.6 is 0 Å². The molecule has 0 radical (unpaired) electrons. The highest BCUT2D eigenvalue weighted by molar-refractivity contribution is 5.14. The van der Waals surface area contributed by atoms with Gasteiger partial charge in [-0.1, -0.05) is 44.2 Å². The Balaban J connectivity index is 1.48. The lowest BCUT2D eigenvalue weighted by Crippen LogP contribution is -2.53. The molecule has 3 rings (SSSR count). The molecule has 4 heteroatoms. The Bertz CT molecular complexity index is 554. The van der Waals surface area contributed by atoms with Gasteiger partial charge in [0.05, 0.1) is 6.54 Å². The van der Waals surface area contributed by atoms with Crippen LogP contribution in [0.25, 0.3) is 0 Å². The summed E-state index contributed by atoms with van der Waals surface area (Å²) in [7, 11) is 0. The lowest BCUT2D eigenvalue weighted by molar-refractivity contribution is 0.0943. The van der Waals surface area contributed by atoms with Gasteiger partial charge in [0.1, 0.15) is 0 Å². The van der Waals surface area contributed by atoms with E-state index in [1.807, 2.05) is 23.1 Å². The molecule has 0 unspecified atom stereocenters. The minimum Gasteiger partial charge on any atom is -0.312 e. The van der Waals surface area contributed by atoms with E-state index in [0.717, 1.165) is 19.6 Å². The van der Waals surface area contributed by atoms with Crippen molar-refractivity contribution in [1.82, 2.24) is 20.0 Å². The topological polar surface area (TPSA) is 33.1 Å². The van der Waals surface area contributed by atoms with Gasteiger partial charge >= 0.3 is 0 Å². The number of nitrogens with one attached hydrogen (secondary N) is 1. The van der Waals surface area contributed by atoms with Crippen LogP contribution in [0.4, 0.5) is 0 Å². The predicted molar refractivity (Wildman–Crippen MR) is 94.1 cm³/mol. The average molecular weight is 312 g/mol. The van der Waals surface area contributed by atoms with E-state index in [1.54, 1.807) is 0 Å². The van der Waals surface area contributed by atoms with Gasteiger partial charge in [-0.2, -0.15) is 5.10 Å². The van der Waals surface area contributed by atoms with Gasteiger partial charge < -0.3 is 5.32 Å². The van der Waals surface area contributed by atoms with Crippen molar-refractivity contribution in [3.05, 3.63) is 54.4 Å². The summed E-state index contributed by atoms with van der Waals surface area (Å²) >= 11 is 0. The first-order chi connectivity index (χ1) is 11.2. The average Bonchev–Trinajstić information content (AvgIpc) is 3.04. The fourth-order valence-electron chi connectivity index (χ4n) is 3.83. The number of likely N-dealkylation sites (tertiary alicyclic amines) is 1. The molecule has 0 saturated carbocycles. The Morgan fingerprint density at radius 3 is 2.48 bits per heavy atom. The fraction of sp³-hybridized carbons (Fsp3) is 0.526. The van der Waals surface area contributed by atoms with Crippen molar-refractivity contribution < 1.29 is 0 Å². The van der Waals surface area contributed by atoms with Gasteiger partial charge in [-0.25, -0.2) is 0 Å². The highest BCUT2D eigenvalue weighted by atomic mass is 15.3. The van der Waals surface area contributed by atoms with Crippen LogP contribution in [0.1, 0.15) is 19.4 Å². The lowest BCUT2D eigenvalue weighted by atomic mass is 9.85. The Morgan fingerprint density at radius 2 is 1.83 bits per heavy atom. The van der Waals surface area contributed by atoms with E-state index < -0.39 is 0 Å². The maximum absolute atomic E-state index is 4.26. The molecule has 0 aliphatic carbocycles. The molecule has 1 aliphatic heterocycles. The predicted octanol–water partition coefficient (Wildman–Crippen LogP) is 2.63. The van der Waals surface area contributed by atoms with Crippen LogP contribution in [-0.2, 0) is 13.1 Å². The van der Waals surface area contributed by atoms with Crippen LogP contribution in [-0.4, -0.2) is 40.4 Å². The zero-order valence-electron chi connectivity index (χ0n) is 14.2. The third-order valence-corrected chi connectivity index (χ3v) is 4.85. The number of piperidine rings is 1. The first kappa shape index (κ1) is 16.2. The number of nitrogens with zero attached hydrogens (tertiary/aromatic N) is 3. The zero-order valence-corrected chi connectivity index (χ0v) is 14.2. The van der Waals surface area contributed by atoms with Crippen LogP contribution in [0.15, 0.2) is 48.8 Å². The van der Waals surface area contributed by atoms with Crippen LogP contribution in [0.5, 0.6) is 0 Å². The summed E-state index contributed by atoms with van der Waals surface area (Å²) in [4.78, 5) is 2.59. The molecular formula is C19H28N4. The first-order valence-corrected chi connectivity index (χ1v) is 8.69. The monoisotopic (exact) mass is 312 g/mol. The maximum atomic E-state index is 4.26. The molecule has 1 aliphatic rings. The second kappa shape index (κ2) is 7.75. The van der Waals surface area contributed by atoms with Gasteiger partial charge in [0.25, 0.3) is 0 Å². The highest BCUT2D eigenvalue weighted by Gasteiger charge is 2.31. The van der Waals surface area contributed by atoms with Gasteiger partial charge in [-0.05, 0) is 23.5 Å². The second-order valence-electron chi connectivity index (χ2n) is 6.88. The van der Waals surface area contributed by atoms with Crippen molar-refractivity contribution in [2.24, 2.45) is 11.8 Å². The van der Waals surface area contributed by atoms with Crippen LogP contribution in [0.3, 0.4) is 0 Å². The van der Waals surface area contributed by atoms with E-state index in [9.17, 15) is 0 Å². The standard InChI is InChI=1S/C19H28N4/c1-16-13-22(15-18-7-4-3-5-8-18)14-17(2)19(16)20-10-12-23-11-6-9-21-23/h3-9,11,16-17,19-20H,10,12-15H2,1-2H3/t16-,17-/m1/s1. The van der Waals surface area contributed by atoms with Crippen molar-refractivity contribution in [1.29, 1.82) is 0 Å². The molecule has 1 aromatic carbocycles. The third kappa shape index (κ3) is 4.43. The van der Waals surface area contributed by atoms with E-state index in [2.05, 4.69) is 59.5 Å². The van der Waals surface area contributed by atoms with Gasteiger partial charge in [0.15, 0.2) is 0 Å². The van der Waals surface area contributed by atoms with Crippen molar-refractivity contribution in [3.8, 4) is 0 Å². The Hall–Kier alpha value is -1.65. The smallest absolute Gasteiger partial charge is 0.0534 e. The number of hydrogen-bond acceptors (Lipinski definition) is 3. The van der Waals surface area contributed by atoms with Gasteiger partial charge in [-0.15, -0.1) is 0 Å². The summed E-state index contributed by atoms with van der Waals surface area (Å²) in [5.41, 5.74) is 1.41. The maximum Gasteiger partial charge on any atom is 0.0534 e.